The van der Waals surface area contributed by atoms with Gasteiger partial charge >= 0.3 is 0 Å². The highest BCUT2D eigenvalue weighted by molar-refractivity contribution is 9.10. The molecule has 0 atom stereocenters. The van der Waals surface area contributed by atoms with Crippen LogP contribution < -0.4 is 0 Å². The van der Waals surface area contributed by atoms with Gasteiger partial charge in [-0.15, -0.1) is 0 Å². The van der Waals surface area contributed by atoms with Gasteiger partial charge in [0.25, 0.3) is 0 Å². The standard InChI is InChI=1S/C10H7BrFN/c1-6-4-9(11)8-5-13-3-2-7(8)10(6)12/h2-5H,1H3. The van der Waals surface area contributed by atoms with E-state index >= 15 is 0 Å². The number of aryl methyl sites for hydroxylation is 1. The molecule has 13 heavy (non-hydrogen) atoms. The first-order valence-corrected chi connectivity index (χ1v) is 4.68. The van der Waals surface area contributed by atoms with Crippen LogP contribution in [0.2, 0.25) is 0 Å². The second-order valence-corrected chi connectivity index (χ2v) is 3.76. The van der Waals surface area contributed by atoms with Crippen LogP contribution in [0, 0.1) is 12.7 Å². The van der Waals surface area contributed by atoms with E-state index in [1.807, 2.05) is 0 Å². The molecular formula is C10H7BrFN. The maximum absolute atomic E-state index is 13.5. The van der Waals surface area contributed by atoms with Gasteiger partial charge in [0.05, 0.1) is 0 Å². The van der Waals surface area contributed by atoms with Crippen molar-refractivity contribution in [2.75, 3.05) is 0 Å². The number of hydrogen-bond donors (Lipinski definition) is 0. The number of fused-ring (bicyclic) bond motifs is 1. The second-order valence-electron chi connectivity index (χ2n) is 2.91. The lowest BCUT2D eigenvalue weighted by Gasteiger charge is -2.03. The van der Waals surface area contributed by atoms with Crippen LogP contribution in [0.4, 0.5) is 4.39 Å². The Bertz CT molecular complexity index is 468. The van der Waals surface area contributed by atoms with Crippen LogP contribution in [0.15, 0.2) is 29.0 Å². The third-order valence-corrected chi connectivity index (χ3v) is 2.66. The van der Waals surface area contributed by atoms with Crippen LogP contribution in [-0.4, -0.2) is 4.98 Å². The lowest BCUT2D eigenvalue weighted by molar-refractivity contribution is 0.630. The number of hydrogen-bond acceptors (Lipinski definition) is 1. The molecule has 0 fully saturated rings. The predicted molar refractivity (Wildman–Crippen MR) is 54.1 cm³/mol. The molecule has 2 aromatic rings. The molecule has 0 bridgehead atoms. The maximum Gasteiger partial charge on any atom is 0.134 e. The Hall–Kier alpha value is -0.960. The van der Waals surface area contributed by atoms with E-state index in [1.165, 1.54) is 0 Å². The largest absolute Gasteiger partial charge is 0.264 e. The minimum atomic E-state index is -0.166. The molecule has 0 saturated carbocycles. The average Bonchev–Trinajstić information content (AvgIpc) is 2.15. The highest BCUT2D eigenvalue weighted by Gasteiger charge is 2.06. The van der Waals surface area contributed by atoms with Gasteiger partial charge in [-0.1, -0.05) is 15.9 Å². The molecule has 0 N–H and O–H groups in total. The van der Waals surface area contributed by atoms with Crippen molar-refractivity contribution in [2.45, 2.75) is 6.92 Å². The quantitative estimate of drug-likeness (QED) is 0.687. The predicted octanol–water partition coefficient (Wildman–Crippen LogP) is 3.44. The van der Waals surface area contributed by atoms with Gasteiger partial charge in [0.2, 0.25) is 0 Å². The van der Waals surface area contributed by atoms with Crippen molar-refractivity contribution in [3.63, 3.8) is 0 Å². The maximum atomic E-state index is 13.5. The van der Waals surface area contributed by atoms with Gasteiger partial charge in [-0.2, -0.15) is 0 Å². The Morgan fingerprint density at radius 3 is 2.92 bits per heavy atom. The third kappa shape index (κ3) is 1.33. The van der Waals surface area contributed by atoms with E-state index in [4.69, 9.17) is 0 Å². The van der Waals surface area contributed by atoms with Crippen LogP contribution in [0.25, 0.3) is 10.8 Å². The van der Waals surface area contributed by atoms with Crippen molar-refractivity contribution in [2.24, 2.45) is 0 Å². The molecule has 0 aliphatic heterocycles. The Balaban J connectivity index is 2.97. The number of halogens is 2. The smallest absolute Gasteiger partial charge is 0.134 e. The highest BCUT2D eigenvalue weighted by atomic mass is 79.9. The van der Waals surface area contributed by atoms with Crippen molar-refractivity contribution in [3.8, 4) is 0 Å². The summed E-state index contributed by atoms with van der Waals surface area (Å²) < 4.78 is 14.4. The number of rotatable bonds is 0. The van der Waals surface area contributed by atoms with Crippen LogP contribution >= 0.6 is 15.9 Å². The summed E-state index contributed by atoms with van der Waals surface area (Å²) in [6, 6.07) is 3.45. The Kier molecular flexibility index (Phi) is 2.04. The number of pyridine rings is 1. The summed E-state index contributed by atoms with van der Waals surface area (Å²) in [4.78, 5) is 3.95. The molecule has 1 heterocycles. The Morgan fingerprint density at radius 1 is 1.38 bits per heavy atom. The van der Waals surface area contributed by atoms with Gasteiger partial charge in [0.1, 0.15) is 5.82 Å². The third-order valence-electron chi connectivity index (χ3n) is 2.00. The first-order chi connectivity index (χ1) is 6.20. The van der Waals surface area contributed by atoms with Gasteiger partial charge < -0.3 is 0 Å². The normalized spacial score (nSPS) is 10.7. The van der Waals surface area contributed by atoms with Crippen LogP contribution in [0.5, 0.6) is 0 Å². The minimum Gasteiger partial charge on any atom is -0.264 e. The van der Waals surface area contributed by atoms with Crippen molar-refractivity contribution in [3.05, 3.63) is 40.4 Å². The summed E-state index contributed by atoms with van der Waals surface area (Å²) in [5.74, 6) is -0.166. The molecule has 0 radical (unpaired) electrons. The van der Waals surface area contributed by atoms with Crippen molar-refractivity contribution >= 4 is 26.7 Å². The monoisotopic (exact) mass is 239 g/mol. The number of nitrogens with zero attached hydrogens (tertiary/aromatic N) is 1. The summed E-state index contributed by atoms with van der Waals surface area (Å²) in [5.41, 5.74) is 0.644. The van der Waals surface area contributed by atoms with Gasteiger partial charge in [-0.25, -0.2) is 4.39 Å². The Labute approximate surface area is 83.7 Å². The lowest BCUT2D eigenvalue weighted by atomic mass is 10.1. The fraction of sp³-hybridized carbons (Fsp3) is 0.100. The first-order valence-electron chi connectivity index (χ1n) is 3.88. The molecule has 1 aromatic heterocycles. The molecule has 66 valence electrons. The summed E-state index contributed by atoms with van der Waals surface area (Å²) in [5, 5.41) is 1.42. The molecule has 2 rings (SSSR count). The molecule has 0 aliphatic carbocycles. The number of aromatic nitrogens is 1. The fourth-order valence-corrected chi connectivity index (χ4v) is 1.98. The molecule has 0 spiro atoms. The van der Waals surface area contributed by atoms with Gasteiger partial charge in [0, 0.05) is 27.6 Å². The lowest BCUT2D eigenvalue weighted by Crippen LogP contribution is -1.87. The SMILES string of the molecule is Cc1cc(Br)c2cnccc2c1F. The van der Waals surface area contributed by atoms with Crippen molar-refractivity contribution in [1.82, 2.24) is 4.98 Å². The highest BCUT2D eigenvalue weighted by Crippen LogP contribution is 2.27. The minimum absolute atomic E-state index is 0.166. The fourth-order valence-electron chi connectivity index (χ4n) is 1.32. The van der Waals surface area contributed by atoms with E-state index in [0.29, 0.717) is 10.9 Å². The van der Waals surface area contributed by atoms with E-state index in [9.17, 15) is 4.39 Å². The second kappa shape index (κ2) is 3.07. The first kappa shape index (κ1) is 8.63. The van der Waals surface area contributed by atoms with Gasteiger partial charge in [-0.05, 0) is 24.6 Å². The van der Waals surface area contributed by atoms with E-state index < -0.39 is 0 Å². The van der Waals surface area contributed by atoms with Gasteiger partial charge in [0.15, 0.2) is 0 Å². The Morgan fingerprint density at radius 2 is 2.15 bits per heavy atom. The summed E-state index contributed by atoms with van der Waals surface area (Å²) in [7, 11) is 0. The molecule has 1 nitrogen and oxygen atoms in total. The van der Waals surface area contributed by atoms with Gasteiger partial charge in [-0.3, -0.25) is 4.98 Å². The summed E-state index contributed by atoms with van der Waals surface area (Å²) in [6.45, 7) is 1.75. The van der Waals surface area contributed by atoms with Crippen LogP contribution in [0.3, 0.4) is 0 Å². The van der Waals surface area contributed by atoms with E-state index in [0.717, 1.165) is 9.86 Å². The zero-order chi connectivity index (χ0) is 9.42. The molecule has 0 aliphatic rings. The van der Waals surface area contributed by atoms with Crippen molar-refractivity contribution in [1.29, 1.82) is 0 Å². The zero-order valence-corrected chi connectivity index (χ0v) is 8.60. The zero-order valence-electron chi connectivity index (χ0n) is 7.01. The molecule has 0 unspecified atom stereocenters. The summed E-state index contributed by atoms with van der Waals surface area (Å²) >= 11 is 3.38. The molecule has 1 aromatic carbocycles. The topological polar surface area (TPSA) is 12.9 Å². The van der Waals surface area contributed by atoms with E-state index in [1.54, 1.807) is 31.5 Å². The van der Waals surface area contributed by atoms with Crippen LogP contribution in [0.1, 0.15) is 5.56 Å². The molecule has 0 saturated heterocycles. The molecule has 0 amide bonds. The van der Waals surface area contributed by atoms with Crippen molar-refractivity contribution < 1.29 is 4.39 Å². The van der Waals surface area contributed by atoms with E-state index in [-0.39, 0.29) is 5.82 Å². The summed E-state index contributed by atoms with van der Waals surface area (Å²) in [6.07, 6.45) is 3.25. The van der Waals surface area contributed by atoms with E-state index in [2.05, 4.69) is 20.9 Å². The number of benzene rings is 1. The van der Waals surface area contributed by atoms with Crippen LogP contribution in [-0.2, 0) is 0 Å². The molecular weight excluding hydrogens is 233 g/mol. The average molecular weight is 240 g/mol. The molecule has 3 heteroatoms.